The quantitative estimate of drug-likeness (QED) is 0.631. The standard InChI is InChI=1S/C27H31NO4/c1-6-17-7-9-18(10-8-17)28-22-15-27(2,3)16-23(29)26(22)21(14-25(28)30)20-13-19(31-4)11-12-24(20)32-5/h7-13,21H,6,14-16H2,1-5H3. The number of ether oxygens (including phenoxy) is 2. The number of anilines is 1. The van der Waals surface area contributed by atoms with Gasteiger partial charge in [-0.25, -0.2) is 0 Å². The Morgan fingerprint density at radius 3 is 2.34 bits per heavy atom. The first-order valence-electron chi connectivity index (χ1n) is 11.2. The van der Waals surface area contributed by atoms with Gasteiger partial charge in [-0.3, -0.25) is 14.5 Å². The minimum absolute atomic E-state index is 0.00614. The van der Waals surface area contributed by atoms with E-state index in [2.05, 4.69) is 32.9 Å². The molecular weight excluding hydrogens is 402 g/mol. The van der Waals surface area contributed by atoms with Crippen molar-refractivity contribution in [2.24, 2.45) is 5.41 Å². The van der Waals surface area contributed by atoms with Crippen LogP contribution < -0.4 is 14.4 Å². The fourth-order valence-electron chi connectivity index (χ4n) is 4.97. The van der Waals surface area contributed by atoms with Crippen molar-refractivity contribution in [2.45, 2.75) is 52.4 Å². The largest absolute Gasteiger partial charge is 0.497 e. The highest BCUT2D eigenvalue weighted by atomic mass is 16.5. The highest BCUT2D eigenvalue weighted by molar-refractivity contribution is 6.08. The van der Waals surface area contributed by atoms with Gasteiger partial charge >= 0.3 is 0 Å². The van der Waals surface area contributed by atoms with Gasteiger partial charge in [0.15, 0.2) is 5.78 Å². The summed E-state index contributed by atoms with van der Waals surface area (Å²) in [5, 5.41) is 0. The Hall–Kier alpha value is -3.08. The molecule has 5 nitrogen and oxygen atoms in total. The smallest absolute Gasteiger partial charge is 0.232 e. The molecule has 0 saturated carbocycles. The summed E-state index contributed by atoms with van der Waals surface area (Å²) in [6.07, 6.45) is 2.28. The van der Waals surface area contributed by atoms with E-state index in [-0.39, 0.29) is 29.4 Å². The number of allylic oxidation sites excluding steroid dienone is 2. The Labute approximate surface area is 190 Å². The maximum Gasteiger partial charge on any atom is 0.232 e. The lowest BCUT2D eigenvalue weighted by Crippen LogP contribution is -2.43. The molecule has 2 aliphatic rings. The predicted octanol–water partition coefficient (Wildman–Crippen LogP) is 5.43. The third kappa shape index (κ3) is 3.92. The lowest BCUT2D eigenvalue weighted by molar-refractivity contribution is -0.121. The number of amides is 1. The first-order valence-corrected chi connectivity index (χ1v) is 11.2. The second-order valence-electron chi connectivity index (χ2n) is 9.42. The number of hydrogen-bond donors (Lipinski definition) is 0. The van der Waals surface area contributed by atoms with Crippen LogP contribution >= 0.6 is 0 Å². The van der Waals surface area contributed by atoms with E-state index < -0.39 is 0 Å². The zero-order valence-corrected chi connectivity index (χ0v) is 19.5. The summed E-state index contributed by atoms with van der Waals surface area (Å²) in [5.41, 5.74) is 4.20. The summed E-state index contributed by atoms with van der Waals surface area (Å²) in [6, 6.07) is 13.6. The number of rotatable bonds is 5. The molecule has 32 heavy (non-hydrogen) atoms. The molecule has 0 radical (unpaired) electrons. The number of Topliss-reactive ketones (excluding diaryl/α,β-unsaturated/α-hetero) is 1. The Bertz CT molecular complexity index is 1080. The lowest BCUT2D eigenvalue weighted by atomic mass is 9.69. The molecule has 2 aromatic rings. The summed E-state index contributed by atoms with van der Waals surface area (Å²) in [6.45, 7) is 6.29. The van der Waals surface area contributed by atoms with Crippen molar-refractivity contribution < 1.29 is 19.1 Å². The van der Waals surface area contributed by atoms with Crippen LogP contribution in [0, 0.1) is 5.41 Å². The molecule has 0 aromatic heterocycles. The van der Waals surface area contributed by atoms with E-state index in [1.165, 1.54) is 5.56 Å². The predicted molar refractivity (Wildman–Crippen MR) is 125 cm³/mol. The molecule has 1 unspecified atom stereocenters. The number of aryl methyl sites for hydroxylation is 1. The first kappa shape index (κ1) is 22.1. The molecule has 0 N–H and O–H groups in total. The second-order valence-corrected chi connectivity index (χ2v) is 9.42. The van der Waals surface area contributed by atoms with Gasteiger partial charge in [0, 0.05) is 41.3 Å². The van der Waals surface area contributed by atoms with E-state index in [0.29, 0.717) is 24.3 Å². The zero-order chi connectivity index (χ0) is 23.0. The number of hydrogen-bond acceptors (Lipinski definition) is 4. The fourth-order valence-corrected chi connectivity index (χ4v) is 4.97. The Morgan fingerprint density at radius 1 is 1.00 bits per heavy atom. The Kier molecular flexibility index (Phi) is 5.85. The molecule has 1 aliphatic heterocycles. The molecule has 0 bridgehead atoms. The van der Waals surface area contributed by atoms with Gasteiger partial charge in [0.1, 0.15) is 11.5 Å². The Morgan fingerprint density at radius 2 is 1.72 bits per heavy atom. The van der Waals surface area contributed by atoms with Crippen molar-refractivity contribution in [3.63, 3.8) is 0 Å². The molecule has 4 rings (SSSR count). The van der Waals surface area contributed by atoms with E-state index in [1.807, 2.05) is 30.3 Å². The van der Waals surface area contributed by atoms with Gasteiger partial charge in [-0.05, 0) is 54.2 Å². The van der Waals surface area contributed by atoms with Gasteiger partial charge in [0.25, 0.3) is 0 Å². The van der Waals surface area contributed by atoms with Crippen LogP contribution in [0.15, 0.2) is 53.7 Å². The van der Waals surface area contributed by atoms with Crippen LogP contribution in [0.25, 0.3) is 0 Å². The molecule has 1 amide bonds. The third-order valence-corrected chi connectivity index (χ3v) is 6.56. The molecule has 0 saturated heterocycles. The van der Waals surface area contributed by atoms with Crippen LogP contribution in [-0.2, 0) is 16.0 Å². The van der Waals surface area contributed by atoms with Gasteiger partial charge in [-0.1, -0.05) is 32.9 Å². The summed E-state index contributed by atoms with van der Waals surface area (Å²) in [4.78, 5) is 28.8. The molecule has 0 fully saturated rings. The molecule has 1 heterocycles. The monoisotopic (exact) mass is 433 g/mol. The number of benzene rings is 2. The molecule has 1 aliphatic carbocycles. The van der Waals surface area contributed by atoms with Crippen molar-refractivity contribution in [3.8, 4) is 11.5 Å². The van der Waals surface area contributed by atoms with Crippen LogP contribution in [0.3, 0.4) is 0 Å². The molecule has 0 spiro atoms. The van der Waals surface area contributed by atoms with E-state index >= 15 is 0 Å². The van der Waals surface area contributed by atoms with Crippen molar-refractivity contribution >= 4 is 17.4 Å². The molecule has 2 aromatic carbocycles. The van der Waals surface area contributed by atoms with E-state index in [9.17, 15) is 9.59 Å². The highest BCUT2D eigenvalue weighted by Gasteiger charge is 2.45. The van der Waals surface area contributed by atoms with Crippen molar-refractivity contribution in [1.82, 2.24) is 0 Å². The topological polar surface area (TPSA) is 55.8 Å². The highest BCUT2D eigenvalue weighted by Crippen LogP contribution is 2.49. The van der Waals surface area contributed by atoms with E-state index in [4.69, 9.17) is 9.47 Å². The molecule has 5 heteroatoms. The van der Waals surface area contributed by atoms with Gasteiger partial charge < -0.3 is 9.47 Å². The zero-order valence-electron chi connectivity index (χ0n) is 19.5. The van der Waals surface area contributed by atoms with Crippen molar-refractivity contribution in [3.05, 3.63) is 64.9 Å². The van der Waals surface area contributed by atoms with Gasteiger partial charge in [-0.15, -0.1) is 0 Å². The van der Waals surface area contributed by atoms with Crippen molar-refractivity contribution in [2.75, 3.05) is 19.1 Å². The van der Waals surface area contributed by atoms with Crippen molar-refractivity contribution in [1.29, 1.82) is 0 Å². The maximum atomic E-state index is 13.6. The Balaban J connectivity index is 1.90. The first-order chi connectivity index (χ1) is 15.3. The average Bonchev–Trinajstić information content (AvgIpc) is 2.77. The molecular formula is C27H31NO4. The van der Waals surface area contributed by atoms with Crippen LogP contribution in [0.5, 0.6) is 11.5 Å². The normalized spacial score (nSPS) is 20.3. The summed E-state index contributed by atoms with van der Waals surface area (Å²) in [7, 11) is 3.22. The van der Waals surface area contributed by atoms with Gasteiger partial charge in [-0.2, -0.15) is 0 Å². The van der Waals surface area contributed by atoms with Crippen LogP contribution in [0.2, 0.25) is 0 Å². The average molecular weight is 434 g/mol. The number of carbonyl (C=O) groups is 2. The fraction of sp³-hybridized carbons (Fsp3) is 0.407. The van der Waals surface area contributed by atoms with E-state index in [1.54, 1.807) is 19.1 Å². The van der Waals surface area contributed by atoms with Crippen LogP contribution in [0.1, 0.15) is 57.1 Å². The molecule has 168 valence electrons. The SMILES string of the molecule is CCc1ccc(N2C(=O)CC(c3cc(OC)ccc3OC)C3=C2CC(C)(C)CC3=O)cc1. The minimum atomic E-state index is -0.350. The van der Waals surface area contributed by atoms with E-state index in [0.717, 1.165) is 28.9 Å². The maximum absolute atomic E-state index is 13.6. The summed E-state index contributed by atoms with van der Waals surface area (Å²) in [5.74, 6) is 1.09. The van der Waals surface area contributed by atoms with Gasteiger partial charge in [0.05, 0.1) is 14.2 Å². The number of nitrogens with zero attached hydrogens (tertiary/aromatic N) is 1. The number of ketones is 1. The van der Waals surface area contributed by atoms with Crippen LogP contribution in [-0.4, -0.2) is 25.9 Å². The second kappa shape index (κ2) is 8.45. The minimum Gasteiger partial charge on any atom is -0.497 e. The lowest BCUT2D eigenvalue weighted by Gasteiger charge is -2.43. The van der Waals surface area contributed by atoms with Crippen LogP contribution in [0.4, 0.5) is 5.69 Å². The number of carbonyl (C=O) groups excluding carboxylic acids is 2. The summed E-state index contributed by atoms with van der Waals surface area (Å²) < 4.78 is 11.0. The number of methoxy groups -OCH3 is 2. The third-order valence-electron chi connectivity index (χ3n) is 6.56. The molecule has 1 atom stereocenters. The summed E-state index contributed by atoms with van der Waals surface area (Å²) >= 11 is 0. The van der Waals surface area contributed by atoms with Gasteiger partial charge in [0.2, 0.25) is 5.91 Å².